The third-order valence-electron chi connectivity index (χ3n) is 3.21. The monoisotopic (exact) mass is 344 g/mol. The SMILES string of the molecule is COc1ccc(Cl)cc1S(=O)(=O)NCC(O)c1cccn1C. The van der Waals surface area contributed by atoms with Crippen LogP contribution < -0.4 is 9.46 Å². The van der Waals surface area contributed by atoms with Crippen molar-refractivity contribution in [2.75, 3.05) is 13.7 Å². The molecular formula is C14H17ClN2O4S. The van der Waals surface area contributed by atoms with Gasteiger partial charge in [-0.1, -0.05) is 11.6 Å². The number of hydrogen-bond acceptors (Lipinski definition) is 4. The first-order chi connectivity index (χ1) is 10.3. The zero-order chi connectivity index (χ0) is 16.3. The van der Waals surface area contributed by atoms with E-state index in [0.29, 0.717) is 5.69 Å². The Kier molecular flexibility index (Phi) is 5.12. The summed E-state index contributed by atoms with van der Waals surface area (Å²) in [4.78, 5) is -0.0680. The van der Waals surface area contributed by atoms with E-state index >= 15 is 0 Å². The van der Waals surface area contributed by atoms with Gasteiger partial charge in [-0.2, -0.15) is 0 Å². The van der Waals surface area contributed by atoms with Gasteiger partial charge in [-0.3, -0.25) is 0 Å². The molecule has 0 bridgehead atoms. The summed E-state index contributed by atoms with van der Waals surface area (Å²) in [7, 11) is -0.706. The van der Waals surface area contributed by atoms with Gasteiger partial charge in [0.2, 0.25) is 10.0 Å². The van der Waals surface area contributed by atoms with Gasteiger partial charge in [0, 0.05) is 30.5 Å². The minimum atomic E-state index is -3.85. The number of sulfonamides is 1. The van der Waals surface area contributed by atoms with E-state index in [4.69, 9.17) is 16.3 Å². The van der Waals surface area contributed by atoms with Crippen LogP contribution in [0.3, 0.4) is 0 Å². The zero-order valence-corrected chi connectivity index (χ0v) is 13.7. The van der Waals surface area contributed by atoms with Gasteiger partial charge in [0.15, 0.2) is 0 Å². The number of nitrogens with one attached hydrogen (secondary N) is 1. The summed E-state index contributed by atoms with van der Waals surface area (Å²) < 4.78 is 33.8. The predicted octanol–water partition coefficient (Wildman–Crippen LogP) is 1.70. The second-order valence-corrected chi connectivity index (χ2v) is 6.88. The van der Waals surface area contributed by atoms with E-state index in [0.717, 1.165) is 0 Å². The maximum atomic E-state index is 12.4. The lowest BCUT2D eigenvalue weighted by molar-refractivity contribution is 0.173. The zero-order valence-electron chi connectivity index (χ0n) is 12.2. The van der Waals surface area contributed by atoms with Gasteiger partial charge in [0.25, 0.3) is 0 Å². The normalized spacial score (nSPS) is 13.1. The van der Waals surface area contributed by atoms with Crippen LogP contribution in [0, 0.1) is 0 Å². The van der Waals surface area contributed by atoms with E-state index in [1.165, 1.54) is 25.3 Å². The molecule has 0 aliphatic carbocycles. The van der Waals surface area contributed by atoms with Gasteiger partial charge in [-0.25, -0.2) is 13.1 Å². The van der Waals surface area contributed by atoms with Gasteiger partial charge in [-0.15, -0.1) is 0 Å². The summed E-state index contributed by atoms with van der Waals surface area (Å²) in [6, 6.07) is 7.81. The Morgan fingerprint density at radius 3 is 2.73 bits per heavy atom. The fourth-order valence-electron chi connectivity index (χ4n) is 2.05. The molecule has 2 aromatic rings. The van der Waals surface area contributed by atoms with Gasteiger partial charge < -0.3 is 14.4 Å². The number of halogens is 1. The number of aryl methyl sites for hydroxylation is 1. The molecular weight excluding hydrogens is 328 g/mol. The minimum Gasteiger partial charge on any atom is -0.495 e. The van der Waals surface area contributed by atoms with Crippen LogP contribution in [0.5, 0.6) is 5.75 Å². The molecule has 0 aliphatic heterocycles. The Labute approximate surface area is 134 Å². The molecule has 22 heavy (non-hydrogen) atoms. The average molecular weight is 345 g/mol. The van der Waals surface area contributed by atoms with Crippen LogP contribution in [0.2, 0.25) is 5.02 Å². The summed E-state index contributed by atoms with van der Waals surface area (Å²) >= 11 is 5.84. The number of hydrogen-bond donors (Lipinski definition) is 2. The standard InChI is InChI=1S/C14H17ClN2O4S/c1-17-7-3-4-11(17)12(18)9-16-22(19,20)14-8-10(15)5-6-13(14)21-2/h3-8,12,16,18H,9H2,1-2H3. The van der Waals surface area contributed by atoms with Crippen LogP contribution in [-0.4, -0.2) is 31.7 Å². The third kappa shape index (κ3) is 3.61. The van der Waals surface area contributed by atoms with Crippen LogP contribution in [0.1, 0.15) is 11.8 Å². The second kappa shape index (κ2) is 6.70. The molecule has 0 amide bonds. The van der Waals surface area contributed by atoms with Crippen molar-refractivity contribution in [3.63, 3.8) is 0 Å². The van der Waals surface area contributed by atoms with Gasteiger partial charge in [0.1, 0.15) is 16.7 Å². The quantitative estimate of drug-likeness (QED) is 0.835. The molecule has 1 heterocycles. The minimum absolute atomic E-state index is 0.0680. The van der Waals surface area contributed by atoms with Gasteiger partial charge >= 0.3 is 0 Å². The number of aromatic nitrogens is 1. The highest BCUT2D eigenvalue weighted by Crippen LogP contribution is 2.27. The highest BCUT2D eigenvalue weighted by molar-refractivity contribution is 7.89. The van der Waals surface area contributed by atoms with Crippen molar-refractivity contribution in [1.29, 1.82) is 0 Å². The van der Waals surface area contributed by atoms with Crippen LogP contribution in [0.15, 0.2) is 41.4 Å². The fourth-order valence-corrected chi connectivity index (χ4v) is 3.52. The lowest BCUT2D eigenvalue weighted by atomic mass is 10.2. The highest BCUT2D eigenvalue weighted by atomic mass is 35.5. The van der Waals surface area contributed by atoms with Gasteiger partial charge in [0.05, 0.1) is 7.11 Å². The van der Waals surface area contributed by atoms with E-state index < -0.39 is 16.1 Å². The molecule has 2 N–H and O–H groups in total. The number of nitrogens with zero attached hydrogens (tertiary/aromatic N) is 1. The number of rotatable bonds is 6. The highest BCUT2D eigenvalue weighted by Gasteiger charge is 2.22. The van der Waals surface area contributed by atoms with Gasteiger partial charge in [-0.05, 0) is 30.3 Å². The van der Waals surface area contributed by atoms with Crippen LogP contribution >= 0.6 is 11.6 Å². The number of methoxy groups -OCH3 is 1. The number of ether oxygens (including phenoxy) is 1. The summed E-state index contributed by atoms with van der Waals surface area (Å²) in [5.41, 5.74) is 0.612. The molecule has 1 atom stereocenters. The Balaban J connectivity index is 2.18. The van der Waals surface area contributed by atoms with Crippen LogP contribution in [0.4, 0.5) is 0 Å². The topological polar surface area (TPSA) is 80.6 Å². The Hall–Kier alpha value is -1.54. The summed E-state index contributed by atoms with van der Waals surface area (Å²) in [6.07, 6.45) is 0.813. The number of aliphatic hydroxyl groups excluding tert-OH is 1. The van der Waals surface area contributed by atoms with E-state index in [-0.39, 0.29) is 22.2 Å². The van der Waals surface area contributed by atoms with E-state index in [1.54, 1.807) is 29.9 Å². The maximum Gasteiger partial charge on any atom is 0.244 e. The molecule has 1 unspecified atom stereocenters. The van der Waals surface area contributed by atoms with E-state index in [9.17, 15) is 13.5 Å². The molecule has 0 saturated heterocycles. The van der Waals surface area contributed by atoms with Crippen LogP contribution in [0.25, 0.3) is 0 Å². The molecule has 8 heteroatoms. The maximum absolute atomic E-state index is 12.4. The lowest BCUT2D eigenvalue weighted by Gasteiger charge is -2.15. The fraction of sp³-hybridized carbons (Fsp3) is 0.286. The van der Waals surface area contributed by atoms with E-state index in [2.05, 4.69) is 4.72 Å². The first-order valence-electron chi connectivity index (χ1n) is 6.47. The summed E-state index contributed by atoms with van der Waals surface area (Å²) in [5.74, 6) is 0.185. The molecule has 2 rings (SSSR count). The molecule has 0 saturated carbocycles. The van der Waals surface area contributed by atoms with Crippen molar-refractivity contribution in [3.8, 4) is 5.75 Å². The average Bonchev–Trinajstić information content (AvgIpc) is 2.91. The Morgan fingerprint density at radius 2 is 2.14 bits per heavy atom. The first-order valence-corrected chi connectivity index (χ1v) is 8.34. The van der Waals surface area contributed by atoms with Crippen molar-refractivity contribution < 1.29 is 18.3 Å². The second-order valence-electron chi connectivity index (χ2n) is 4.71. The van der Waals surface area contributed by atoms with Crippen molar-refractivity contribution in [3.05, 3.63) is 47.2 Å². The Bertz CT molecular complexity index is 758. The molecule has 1 aromatic carbocycles. The first kappa shape index (κ1) is 16.8. The van der Waals surface area contributed by atoms with Crippen molar-refractivity contribution in [2.45, 2.75) is 11.0 Å². The third-order valence-corrected chi connectivity index (χ3v) is 4.89. The summed E-state index contributed by atoms with van der Waals surface area (Å²) in [6.45, 7) is -0.157. The molecule has 6 nitrogen and oxygen atoms in total. The van der Waals surface area contributed by atoms with Crippen molar-refractivity contribution in [1.82, 2.24) is 9.29 Å². The molecule has 0 fully saturated rings. The molecule has 1 aromatic heterocycles. The van der Waals surface area contributed by atoms with E-state index in [1.807, 2.05) is 0 Å². The molecule has 120 valence electrons. The van der Waals surface area contributed by atoms with Crippen molar-refractivity contribution >= 4 is 21.6 Å². The molecule has 0 radical (unpaired) electrons. The largest absolute Gasteiger partial charge is 0.495 e. The van der Waals surface area contributed by atoms with Crippen LogP contribution in [-0.2, 0) is 17.1 Å². The predicted molar refractivity (Wildman–Crippen MR) is 83.6 cm³/mol. The number of aliphatic hydroxyl groups is 1. The van der Waals surface area contributed by atoms with Crippen molar-refractivity contribution in [2.24, 2.45) is 7.05 Å². The molecule has 0 aliphatic rings. The lowest BCUT2D eigenvalue weighted by Crippen LogP contribution is -2.29. The molecule has 0 spiro atoms. The Morgan fingerprint density at radius 1 is 1.41 bits per heavy atom. The smallest absolute Gasteiger partial charge is 0.244 e. The summed E-state index contributed by atoms with van der Waals surface area (Å²) in [5, 5.41) is 10.4. The number of benzene rings is 1.